The van der Waals surface area contributed by atoms with Crippen molar-refractivity contribution >= 4 is 34.9 Å². The van der Waals surface area contributed by atoms with Crippen LogP contribution in [-0.2, 0) is 17.6 Å². The average molecular weight is 416 g/mol. The SMILES string of the molecule is CCOC(=O)Nc1cccc(C(=O)NNC(=O)c2cc3c(s2)CCCCCC3)c1. The number of carbonyl (C=O) groups is 3. The van der Waals surface area contributed by atoms with Crippen molar-refractivity contribution in [2.45, 2.75) is 45.4 Å². The lowest BCUT2D eigenvalue weighted by molar-refractivity contribution is 0.0849. The van der Waals surface area contributed by atoms with E-state index in [1.54, 1.807) is 25.1 Å². The molecule has 0 saturated heterocycles. The Kier molecular flexibility index (Phi) is 7.24. The first-order valence-corrected chi connectivity index (χ1v) is 10.6. The van der Waals surface area contributed by atoms with Crippen LogP contribution < -0.4 is 16.2 Å². The Bertz CT molecular complexity index is 868. The van der Waals surface area contributed by atoms with Crippen LogP contribution in [0.4, 0.5) is 10.5 Å². The molecule has 3 rings (SSSR count). The number of hydrogen-bond acceptors (Lipinski definition) is 5. The first kappa shape index (κ1) is 20.9. The van der Waals surface area contributed by atoms with Crippen molar-refractivity contribution in [2.24, 2.45) is 0 Å². The Morgan fingerprint density at radius 1 is 1.00 bits per heavy atom. The van der Waals surface area contributed by atoms with Crippen LogP contribution in [-0.4, -0.2) is 24.5 Å². The molecule has 0 spiro atoms. The first-order valence-electron chi connectivity index (χ1n) is 9.83. The fourth-order valence-corrected chi connectivity index (χ4v) is 4.38. The summed E-state index contributed by atoms with van der Waals surface area (Å²) in [6, 6.07) is 8.33. The maximum absolute atomic E-state index is 12.5. The molecule has 29 heavy (non-hydrogen) atoms. The third kappa shape index (κ3) is 5.80. The van der Waals surface area contributed by atoms with E-state index in [-0.39, 0.29) is 12.5 Å². The highest BCUT2D eigenvalue weighted by atomic mass is 32.1. The second-order valence-electron chi connectivity index (χ2n) is 6.81. The van der Waals surface area contributed by atoms with Crippen molar-refractivity contribution in [3.05, 3.63) is 51.2 Å². The number of thiophene rings is 1. The molecule has 0 unspecified atom stereocenters. The Morgan fingerprint density at radius 3 is 2.55 bits per heavy atom. The number of carbonyl (C=O) groups excluding carboxylic acids is 3. The molecule has 3 N–H and O–H groups in total. The lowest BCUT2D eigenvalue weighted by Gasteiger charge is -2.09. The molecule has 1 aromatic carbocycles. The van der Waals surface area contributed by atoms with Crippen molar-refractivity contribution in [1.29, 1.82) is 0 Å². The van der Waals surface area contributed by atoms with Crippen LogP contribution in [0.5, 0.6) is 0 Å². The van der Waals surface area contributed by atoms with Crippen LogP contribution in [0.3, 0.4) is 0 Å². The smallest absolute Gasteiger partial charge is 0.411 e. The summed E-state index contributed by atoms with van der Waals surface area (Å²) in [6.45, 7) is 1.96. The molecule has 0 saturated carbocycles. The van der Waals surface area contributed by atoms with Gasteiger partial charge in [-0.3, -0.25) is 25.8 Å². The van der Waals surface area contributed by atoms with Crippen molar-refractivity contribution in [1.82, 2.24) is 10.9 Å². The average Bonchev–Trinajstić information content (AvgIpc) is 3.08. The van der Waals surface area contributed by atoms with Gasteiger partial charge in [-0.2, -0.15) is 0 Å². The van der Waals surface area contributed by atoms with Gasteiger partial charge in [0.2, 0.25) is 0 Å². The molecule has 1 aliphatic rings. The van der Waals surface area contributed by atoms with Gasteiger partial charge in [-0.25, -0.2) is 4.79 Å². The summed E-state index contributed by atoms with van der Waals surface area (Å²) in [5, 5.41) is 2.54. The molecule has 7 nitrogen and oxygen atoms in total. The minimum Gasteiger partial charge on any atom is -0.450 e. The van der Waals surface area contributed by atoms with E-state index in [4.69, 9.17) is 4.74 Å². The molecule has 0 aliphatic heterocycles. The largest absolute Gasteiger partial charge is 0.450 e. The zero-order chi connectivity index (χ0) is 20.6. The third-order valence-corrected chi connectivity index (χ3v) is 5.89. The second kappa shape index (κ2) is 10.1. The Labute approximate surface area is 173 Å². The van der Waals surface area contributed by atoms with E-state index in [0.717, 1.165) is 25.7 Å². The van der Waals surface area contributed by atoms with Crippen LogP contribution in [0.15, 0.2) is 30.3 Å². The number of hydrazine groups is 1. The predicted octanol–water partition coefficient (Wildman–Crippen LogP) is 4.05. The number of benzene rings is 1. The zero-order valence-electron chi connectivity index (χ0n) is 16.4. The van der Waals surface area contributed by atoms with E-state index in [1.165, 1.54) is 40.7 Å². The molecular formula is C21H25N3O4S. The minimum absolute atomic E-state index is 0.254. The molecule has 1 heterocycles. The first-order chi connectivity index (χ1) is 14.1. The van der Waals surface area contributed by atoms with Crippen LogP contribution in [0.1, 0.15) is 63.1 Å². The van der Waals surface area contributed by atoms with Gasteiger partial charge in [-0.1, -0.05) is 18.9 Å². The van der Waals surface area contributed by atoms with Crippen molar-refractivity contribution < 1.29 is 19.1 Å². The van der Waals surface area contributed by atoms with Gasteiger partial charge >= 0.3 is 6.09 Å². The number of rotatable bonds is 4. The predicted molar refractivity (Wildman–Crippen MR) is 112 cm³/mol. The van der Waals surface area contributed by atoms with Crippen LogP contribution >= 0.6 is 11.3 Å². The topological polar surface area (TPSA) is 96.5 Å². The van der Waals surface area contributed by atoms with Gasteiger partial charge in [-0.15, -0.1) is 11.3 Å². The van der Waals surface area contributed by atoms with Crippen LogP contribution in [0.2, 0.25) is 0 Å². The standard InChI is InChI=1S/C21H25N3O4S/c1-2-28-21(27)22-16-10-7-9-15(12-16)19(25)23-24-20(26)18-13-14-8-5-3-4-6-11-17(14)29-18/h7,9-10,12-13H,2-6,8,11H2,1H3,(H,22,27)(H,23,25)(H,24,26). The van der Waals surface area contributed by atoms with E-state index in [9.17, 15) is 14.4 Å². The van der Waals surface area contributed by atoms with E-state index >= 15 is 0 Å². The fourth-order valence-electron chi connectivity index (χ4n) is 3.23. The third-order valence-electron chi connectivity index (χ3n) is 4.66. The Hall–Kier alpha value is -2.87. The zero-order valence-corrected chi connectivity index (χ0v) is 17.2. The van der Waals surface area contributed by atoms with Crippen LogP contribution in [0, 0.1) is 0 Å². The molecule has 0 radical (unpaired) electrons. The molecule has 0 atom stereocenters. The van der Waals surface area contributed by atoms with Gasteiger partial charge in [0.1, 0.15) is 0 Å². The molecular weight excluding hydrogens is 390 g/mol. The second-order valence-corrected chi connectivity index (χ2v) is 7.94. The lowest BCUT2D eigenvalue weighted by Crippen LogP contribution is -2.41. The molecule has 8 heteroatoms. The molecule has 154 valence electrons. The van der Waals surface area contributed by atoms with E-state index in [1.807, 2.05) is 6.07 Å². The molecule has 2 aromatic rings. The maximum Gasteiger partial charge on any atom is 0.411 e. The van der Waals surface area contributed by atoms with Gasteiger partial charge in [0.25, 0.3) is 11.8 Å². The van der Waals surface area contributed by atoms with E-state index < -0.39 is 12.0 Å². The number of ether oxygens (including phenoxy) is 1. The highest BCUT2D eigenvalue weighted by Gasteiger charge is 2.17. The highest BCUT2D eigenvalue weighted by Crippen LogP contribution is 2.28. The number of nitrogens with one attached hydrogen (secondary N) is 3. The summed E-state index contributed by atoms with van der Waals surface area (Å²) in [5.41, 5.74) is 6.90. The number of aryl methyl sites for hydroxylation is 2. The summed E-state index contributed by atoms with van der Waals surface area (Å²) in [5.74, 6) is -0.795. The molecule has 1 aliphatic carbocycles. The molecule has 3 amide bonds. The van der Waals surface area contributed by atoms with Gasteiger partial charge in [0.05, 0.1) is 11.5 Å². The molecule has 0 bridgehead atoms. The summed E-state index contributed by atoms with van der Waals surface area (Å²) in [4.78, 5) is 38.2. The Balaban J connectivity index is 1.58. The van der Waals surface area contributed by atoms with Crippen molar-refractivity contribution in [3.8, 4) is 0 Å². The van der Waals surface area contributed by atoms with Gasteiger partial charge in [-0.05, 0) is 62.4 Å². The summed E-state index contributed by atoms with van der Waals surface area (Å²) < 4.78 is 4.82. The highest BCUT2D eigenvalue weighted by molar-refractivity contribution is 7.14. The quantitative estimate of drug-likeness (QED) is 0.657. The van der Waals surface area contributed by atoms with Crippen molar-refractivity contribution in [2.75, 3.05) is 11.9 Å². The van der Waals surface area contributed by atoms with E-state index in [2.05, 4.69) is 16.2 Å². The monoisotopic (exact) mass is 415 g/mol. The van der Waals surface area contributed by atoms with Crippen LogP contribution in [0.25, 0.3) is 0 Å². The molecule has 0 fully saturated rings. The Morgan fingerprint density at radius 2 is 1.76 bits per heavy atom. The van der Waals surface area contributed by atoms with Gasteiger partial charge in [0, 0.05) is 16.1 Å². The minimum atomic E-state index is -0.591. The molecule has 1 aromatic heterocycles. The summed E-state index contributed by atoms with van der Waals surface area (Å²) in [7, 11) is 0. The number of fused-ring (bicyclic) bond motifs is 1. The number of hydrogen-bond donors (Lipinski definition) is 3. The lowest BCUT2D eigenvalue weighted by atomic mass is 10.00. The number of amides is 3. The van der Waals surface area contributed by atoms with Crippen molar-refractivity contribution in [3.63, 3.8) is 0 Å². The number of anilines is 1. The van der Waals surface area contributed by atoms with Gasteiger partial charge in [0.15, 0.2) is 0 Å². The summed E-state index contributed by atoms with van der Waals surface area (Å²) in [6.07, 6.45) is 6.20. The summed E-state index contributed by atoms with van der Waals surface area (Å²) >= 11 is 1.50. The van der Waals surface area contributed by atoms with Gasteiger partial charge < -0.3 is 4.74 Å². The van der Waals surface area contributed by atoms with E-state index in [0.29, 0.717) is 16.1 Å². The fraction of sp³-hybridized carbons (Fsp3) is 0.381. The maximum atomic E-state index is 12.5. The normalized spacial score (nSPS) is 13.4.